The molecule has 0 saturated carbocycles. The van der Waals surface area contributed by atoms with Crippen LogP contribution in [0.25, 0.3) is 0 Å². The molecule has 0 fully saturated rings. The Bertz CT molecular complexity index is 908. The van der Waals surface area contributed by atoms with Crippen LogP contribution in [0.4, 0.5) is 5.69 Å². The molecule has 0 saturated heterocycles. The van der Waals surface area contributed by atoms with Gasteiger partial charge in [0.2, 0.25) is 0 Å². The van der Waals surface area contributed by atoms with Gasteiger partial charge in [-0.05, 0) is 58.4 Å². The van der Waals surface area contributed by atoms with Gasteiger partial charge in [0.15, 0.2) is 9.84 Å². The highest BCUT2D eigenvalue weighted by Gasteiger charge is 2.18. The van der Waals surface area contributed by atoms with Crippen molar-refractivity contribution in [2.24, 2.45) is 0 Å². The Kier molecular flexibility index (Phi) is 5.00. The van der Waals surface area contributed by atoms with E-state index in [1.165, 1.54) is 30.3 Å². The van der Waals surface area contributed by atoms with Gasteiger partial charge in [-0.15, -0.1) is 0 Å². The van der Waals surface area contributed by atoms with Crippen molar-refractivity contribution in [3.63, 3.8) is 0 Å². The summed E-state index contributed by atoms with van der Waals surface area (Å²) in [5.74, 6) is 0. The molecule has 0 radical (unpaired) electrons. The van der Waals surface area contributed by atoms with Crippen LogP contribution in [0.15, 0.2) is 61.2 Å². The van der Waals surface area contributed by atoms with Crippen molar-refractivity contribution in [1.82, 2.24) is 0 Å². The summed E-state index contributed by atoms with van der Waals surface area (Å²) < 4.78 is 51.0. The van der Waals surface area contributed by atoms with Crippen molar-refractivity contribution in [2.45, 2.75) is 9.79 Å². The summed E-state index contributed by atoms with van der Waals surface area (Å²) >= 11 is 6.42. The van der Waals surface area contributed by atoms with E-state index in [2.05, 4.69) is 36.6 Å². The number of rotatable bonds is 4. The van der Waals surface area contributed by atoms with Crippen molar-refractivity contribution < 1.29 is 16.8 Å². The maximum atomic E-state index is 12.4. The Labute approximate surface area is 146 Å². The molecule has 0 spiro atoms. The summed E-state index contributed by atoms with van der Waals surface area (Å²) in [6, 6.07) is 10.3. The number of halogens is 2. The zero-order chi connectivity index (χ0) is 16.5. The average Bonchev–Trinajstić information content (AvgIpc) is 2.40. The van der Waals surface area contributed by atoms with Crippen molar-refractivity contribution in [3.8, 4) is 0 Å². The van der Waals surface area contributed by atoms with Gasteiger partial charge in [-0.1, -0.05) is 15.9 Å². The van der Waals surface area contributed by atoms with Gasteiger partial charge in [0.1, 0.15) is 4.90 Å². The number of hydrogen-bond donors (Lipinski definition) is 1. The van der Waals surface area contributed by atoms with Crippen LogP contribution >= 0.6 is 31.9 Å². The molecule has 118 valence electrons. The molecule has 0 atom stereocenters. The molecule has 2 rings (SSSR count). The van der Waals surface area contributed by atoms with Crippen LogP contribution < -0.4 is 4.72 Å². The van der Waals surface area contributed by atoms with Gasteiger partial charge in [0.25, 0.3) is 10.0 Å². The molecular formula is C13H11Br2NO4S2. The van der Waals surface area contributed by atoms with Gasteiger partial charge in [0.05, 0.1) is 4.90 Å². The fourth-order valence-corrected chi connectivity index (χ4v) is 4.86. The summed E-state index contributed by atoms with van der Waals surface area (Å²) in [7, 11) is -7.11. The number of anilines is 1. The van der Waals surface area contributed by atoms with Crippen LogP contribution in [0.3, 0.4) is 0 Å². The standard InChI is InChI=1S/C13H11Br2NO4S2/c1-21(17,18)11-5-3-10(4-6-11)16-22(19,20)13-8-9(14)2-7-12(13)15/h2-8,16H,1H3. The minimum absolute atomic E-state index is 0.0778. The molecule has 0 amide bonds. The summed E-state index contributed by atoms with van der Waals surface area (Å²) in [6.07, 6.45) is 1.09. The van der Waals surface area contributed by atoms with Crippen molar-refractivity contribution in [2.75, 3.05) is 11.0 Å². The molecule has 0 aliphatic heterocycles. The van der Waals surface area contributed by atoms with Gasteiger partial charge in [-0.25, -0.2) is 16.8 Å². The van der Waals surface area contributed by atoms with Crippen LogP contribution in [-0.4, -0.2) is 23.1 Å². The first-order valence-corrected chi connectivity index (χ1v) is 10.8. The molecule has 1 N–H and O–H groups in total. The Morgan fingerprint density at radius 2 is 1.50 bits per heavy atom. The highest BCUT2D eigenvalue weighted by Crippen LogP contribution is 2.27. The number of sulfone groups is 1. The van der Waals surface area contributed by atoms with Crippen molar-refractivity contribution >= 4 is 57.4 Å². The summed E-state index contributed by atoms with van der Waals surface area (Å²) in [5, 5.41) is 0. The first-order chi connectivity index (χ1) is 10.1. The maximum absolute atomic E-state index is 12.4. The predicted octanol–water partition coefficient (Wildman–Crippen LogP) is 3.42. The highest BCUT2D eigenvalue weighted by atomic mass is 79.9. The lowest BCUT2D eigenvalue weighted by Gasteiger charge is -2.10. The SMILES string of the molecule is CS(=O)(=O)c1ccc(NS(=O)(=O)c2cc(Br)ccc2Br)cc1. The molecule has 0 heterocycles. The largest absolute Gasteiger partial charge is 0.280 e. The zero-order valence-corrected chi connectivity index (χ0v) is 16.1. The predicted molar refractivity (Wildman–Crippen MR) is 92.2 cm³/mol. The fraction of sp³-hybridized carbons (Fsp3) is 0.0769. The van der Waals surface area contributed by atoms with Crippen molar-refractivity contribution in [3.05, 3.63) is 51.4 Å². The van der Waals surface area contributed by atoms with Crippen LogP contribution in [0, 0.1) is 0 Å². The first kappa shape index (κ1) is 17.5. The first-order valence-electron chi connectivity index (χ1n) is 5.87. The summed E-state index contributed by atoms with van der Waals surface area (Å²) in [5.41, 5.74) is 0.277. The van der Waals surface area contributed by atoms with E-state index >= 15 is 0 Å². The van der Waals surface area contributed by atoms with Crippen LogP contribution in [0.2, 0.25) is 0 Å². The van der Waals surface area contributed by atoms with Crippen LogP contribution in [0.5, 0.6) is 0 Å². The average molecular weight is 469 g/mol. The molecule has 0 bridgehead atoms. The lowest BCUT2D eigenvalue weighted by atomic mass is 10.3. The molecule has 0 aliphatic carbocycles. The van der Waals surface area contributed by atoms with Gasteiger partial charge < -0.3 is 0 Å². The van der Waals surface area contributed by atoms with Crippen LogP contribution in [-0.2, 0) is 19.9 Å². The van der Waals surface area contributed by atoms with E-state index in [0.717, 1.165) is 6.26 Å². The van der Waals surface area contributed by atoms with Gasteiger partial charge in [-0.3, -0.25) is 4.72 Å². The minimum atomic E-state index is -3.79. The smallest absolute Gasteiger partial charge is 0.263 e. The second-order valence-corrected chi connectivity index (χ2v) is 9.91. The molecule has 0 aliphatic rings. The minimum Gasteiger partial charge on any atom is -0.280 e. The van der Waals surface area contributed by atoms with E-state index in [-0.39, 0.29) is 15.5 Å². The molecule has 9 heteroatoms. The van der Waals surface area contributed by atoms with E-state index in [9.17, 15) is 16.8 Å². The number of hydrogen-bond acceptors (Lipinski definition) is 4. The Balaban J connectivity index is 2.35. The third-order valence-corrected chi connectivity index (χ3v) is 6.71. The third-order valence-electron chi connectivity index (χ3n) is 2.72. The second kappa shape index (κ2) is 6.31. The summed E-state index contributed by atoms with van der Waals surface area (Å²) in [4.78, 5) is 0.202. The molecule has 5 nitrogen and oxygen atoms in total. The zero-order valence-electron chi connectivity index (χ0n) is 11.2. The van der Waals surface area contributed by atoms with Crippen LogP contribution in [0.1, 0.15) is 0 Å². The van der Waals surface area contributed by atoms with Gasteiger partial charge in [0, 0.05) is 20.9 Å². The molecular weight excluding hydrogens is 458 g/mol. The Hall–Kier alpha value is -0.900. The topological polar surface area (TPSA) is 80.3 Å². The maximum Gasteiger partial charge on any atom is 0.263 e. The van der Waals surface area contributed by atoms with E-state index in [1.807, 2.05) is 0 Å². The summed E-state index contributed by atoms with van der Waals surface area (Å²) in [6.45, 7) is 0. The molecule has 0 aromatic heterocycles. The monoisotopic (exact) mass is 467 g/mol. The van der Waals surface area contributed by atoms with E-state index in [0.29, 0.717) is 8.95 Å². The Morgan fingerprint density at radius 1 is 0.909 bits per heavy atom. The second-order valence-electron chi connectivity index (χ2n) is 4.48. The van der Waals surface area contributed by atoms with E-state index < -0.39 is 19.9 Å². The van der Waals surface area contributed by atoms with E-state index in [1.54, 1.807) is 12.1 Å². The Morgan fingerprint density at radius 3 is 2.05 bits per heavy atom. The van der Waals surface area contributed by atoms with Crippen molar-refractivity contribution in [1.29, 1.82) is 0 Å². The normalized spacial score (nSPS) is 12.1. The molecule has 2 aromatic carbocycles. The molecule has 22 heavy (non-hydrogen) atoms. The fourth-order valence-electron chi connectivity index (χ4n) is 1.66. The lowest BCUT2D eigenvalue weighted by molar-refractivity contribution is 0.600. The lowest BCUT2D eigenvalue weighted by Crippen LogP contribution is -2.13. The number of nitrogens with one attached hydrogen (secondary N) is 1. The van der Waals surface area contributed by atoms with E-state index in [4.69, 9.17) is 0 Å². The quantitative estimate of drug-likeness (QED) is 0.745. The van der Waals surface area contributed by atoms with Gasteiger partial charge in [-0.2, -0.15) is 0 Å². The number of sulfonamides is 1. The molecule has 0 unspecified atom stereocenters. The third kappa shape index (κ3) is 4.09. The number of benzene rings is 2. The van der Waals surface area contributed by atoms with Gasteiger partial charge >= 0.3 is 0 Å². The highest BCUT2D eigenvalue weighted by molar-refractivity contribution is 9.11. The molecule has 2 aromatic rings.